The van der Waals surface area contributed by atoms with Crippen molar-refractivity contribution in [3.63, 3.8) is 0 Å². The summed E-state index contributed by atoms with van der Waals surface area (Å²) in [7, 11) is 1.34. The van der Waals surface area contributed by atoms with Crippen molar-refractivity contribution >= 4 is 24.3 Å². The van der Waals surface area contributed by atoms with Gasteiger partial charge in [0.2, 0.25) is 5.91 Å². The van der Waals surface area contributed by atoms with E-state index >= 15 is 0 Å². The first-order valence-electron chi connectivity index (χ1n) is 6.12. The fraction of sp³-hybridized carbons (Fsp3) is 0.833. The molecule has 0 aromatic rings. The van der Waals surface area contributed by atoms with E-state index in [0.717, 1.165) is 19.5 Å². The number of carbonyl (C=O) groups is 2. The minimum absolute atomic E-state index is 0. The first-order chi connectivity index (χ1) is 8.01. The van der Waals surface area contributed by atoms with Crippen LogP contribution in [0.2, 0.25) is 0 Å². The second-order valence-corrected chi connectivity index (χ2v) is 4.79. The third-order valence-corrected chi connectivity index (χ3v) is 3.39. The van der Waals surface area contributed by atoms with Crippen molar-refractivity contribution in [2.75, 3.05) is 20.2 Å². The number of amides is 1. The number of nitrogens with one attached hydrogen (secondary N) is 2. The van der Waals surface area contributed by atoms with Gasteiger partial charge in [0.15, 0.2) is 0 Å². The molecule has 1 unspecified atom stereocenters. The highest BCUT2D eigenvalue weighted by Gasteiger charge is 2.34. The fourth-order valence-corrected chi connectivity index (χ4v) is 2.02. The van der Waals surface area contributed by atoms with Gasteiger partial charge in [-0.15, -0.1) is 12.4 Å². The van der Waals surface area contributed by atoms with Gasteiger partial charge in [0.25, 0.3) is 0 Å². The van der Waals surface area contributed by atoms with Gasteiger partial charge in [0, 0.05) is 6.42 Å². The second kappa shape index (κ2) is 7.59. The summed E-state index contributed by atoms with van der Waals surface area (Å²) < 4.78 is 4.71. The number of rotatable bonds is 5. The van der Waals surface area contributed by atoms with Crippen LogP contribution in [0.4, 0.5) is 0 Å². The number of hydrogen-bond acceptors (Lipinski definition) is 4. The monoisotopic (exact) mass is 278 g/mol. The lowest BCUT2D eigenvalue weighted by Crippen LogP contribution is -2.52. The van der Waals surface area contributed by atoms with Crippen LogP contribution in [0.5, 0.6) is 0 Å². The third-order valence-electron chi connectivity index (χ3n) is 3.39. The molecule has 1 heterocycles. The highest BCUT2D eigenvalue weighted by atomic mass is 35.5. The van der Waals surface area contributed by atoms with Crippen molar-refractivity contribution in [2.45, 2.75) is 38.6 Å². The molecule has 0 saturated carbocycles. The molecule has 1 amide bonds. The van der Waals surface area contributed by atoms with Gasteiger partial charge in [-0.25, -0.2) is 4.79 Å². The molecule has 1 saturated heterocycles. The van der Waals surface area contributed by atoms with Gasteiger partial charge >= 0.3 is 5.97 Å². The minimum Gasteiger partial charge on any atom is -0.467 e. The van der Waals surface area contributed by atoms with Gasteiger partial charge in [-0.1, -0.05) is 6.92 Å². The highest BCUT2D eigenvalue weighted by molar-refractivity contribution is 5.87. The number of methoxy groups -OCH3 is 1. The van der Waals surface area contributed by atoms with Crippen molar-refractivity contribution in [1.82, 2.24) is 10.6 Å². The Kier molecular flexibility index (Phi) is 7.25. The molecular formula is C12H23ClN2O3. The van der Waals surface area contributed by atoms with Crippen LogP contribution in [0.25, 0.3) is 0 Å². The molecule has 2 N–H and O–H groups in total. The van der Waals surface area contributed by atoms with E-state index in [0.29, 0.717) is 18.8 Å². The molecule has 6 heteroatoms. The van der Waals surface area contributed by atoms with Gasteiger partial charge in [-0.3, -0.25) is 4.79 Å². The molecule has 1 fully saturated rings. The lowest BCUT2D eigenvalue weighted by atomic mass is 9.97. The van der Waals surface area contributed by atoms with Crippen molar-refractivity contribution < 1.29 is 14.3 Å². The zero-order valence-electron chi connectivity index (χ0n) is 11.2. The number of ether oxygens (including phenoxy) is 1. The molecule has 0 aromatic carbocycles. The quantitative estimate of drug-likeness (QED) is 0.732. The van der Waals surface area contributed by atoms with E-state index in [-0.39, 0.29) is 18.3 Å². The van der Waals surface area contributed by atoms with E-state index < -0.39 is 11.5 Å². The predicted molar refractivity (Wildman–Crippen MR) is 71.7 cm³/mol. The van der Waals surface area contributed by atoms with E-state index in [4.69, 9.17) is 4.74 Å². The fourth-order valence-electron chi connectivity index (χ4n) is 2.02. The van der Waals surface area contributed by atoms with E-state index in [1.807, 2.05) is 6.92 Å². The zero-order chi connectivity index (χ0) is 12.9. The first-order valence-corrected chi connectivity index (χ1v) is 6.12. The summed E-state index contributed by atoms with van der Waals surface area (Å²) in [4.78, 5) is 23.4. The van der Waals surface area contributed by atoms with Crippen molar-refractivity contribution in [3.05, 3.63) is 0 Å². The molecule has 0 spiro atoms. The Balaban J connectivity index is 0.00000289. The van der Waals surface area contributed by atoms with Crippen LogP contribution in [0.3, 0.4) is 0 Å². The number of hydrogen-bond donors (Lipinski definition) is 2. The highest BCUT2D eigenvalue weighted by Crippen LogP contribution is 2.15. The average molecular weight is 279 g/mol. The van der Waals surface area contributed by atoms with Crippen molar-refractivity contribution in [2.24, 2.45) is 5.92 Å². The number of carbonyl (C=O) groups excluding carboxylic acids is 2. The van der Waals surface area contributed by atoms with Gasteiger partial charge in [0.05, 0.1) is 7.11 Å². The maximum Gasteiger partial charge on any atom is 0.331 e. The van der Waals surface area contributed by atoms with Crippen LogP contribution in [0.1, 0.15) is 33.1 Å². The summed E-state index contributed by atoms with van der Waals surface area (Å²) in [6.07, 6.45) is 2.02. The van der Waals surface area contributed by atoms with Crippen molar-refractivity contribution in [3.8, 4) is 0 Å². The molecular weight excluding hydrogens is 256 g/mol. The zero-order valence-corrected chi connectivity index (χ0v) is 12.1. The van der Waals surface area contributed by atoms with Crippen LogP contribution in [-0.4, -0.2) is 37.6 Å². The molecule has 1 rings (SSSR count). The lowest BCUT2D eigenvalue weighted by molar-refractivity contribution is -0.150. The van der Waals surface area contributed by atoms with E-state index in [1.165, 1.54) is 7.11 Å². The molecule has 0 aliphatic carbocycles. The Hall–Kier alpha value is -0.810. The number of halogens is 1. The van der Waals surface area contributed by atoms with E-state index in [2.05, 4.69) is 10.6 Å². The van der Waals surface area contributed by atoms with Gasteiger partial charge in [-0.2, -0.15) is 0 Å². The molecule has 0 radical (unpaired) electrons. The first kappa shape index (κ1) is 17.2. The Labute approximate surface area is 114 Å². The van der Waals surface area contributed by atoms with Crippen LogP contribution < -0.4 is 10.6 Å². The normalized spacial score (nSPS) is 21.6. The lowest BCUT2D eigenvalue weighted by Gasteiger charge is -2.27. The minimum atomic E-state index is -0.905. The summed E-state index contributed by atoms with van der Waals surface area (Å²) in [6.45, 7) is 5.41. The topological polar surface area (TPSA) is 67.4 Å². The van der Waals surface area contributed by atoms with Crippen LogP contribution >= 0.6 is 12.4 Å². The van der Waals surface area contributed by atoms with E-state index in [9.17, 15) is 9.59 Å². The summed E-state index contributed by atoms with van der Waals surface area (Å²) in [5, 5.41) is 6.00. The Morgan fingerprint density at radius 2 is 2.17 bits per heavy atom. The van der Waals surface area contributed by atoms with Crippen LogP contribution in [0.15, 0.2) is 0 Å². The smallest absolute Gasteiger partial charge is 0.331 e. The Bertz CT molecular complexity index is 293. The molecule has 0 bridgehead atoms. The van der Waals surface area contributed by atoms with Gasteiger partial charge < -0.3 is 15.4 Å². The average Bonchev–Trinajstić information content (AvgIpc) is 2.80. The summed E-state index contributed by atoms with van der Waals surface area (Å²) in [5.74, 6) is -0.0832. The van der Waals surface area contributed by atoms with E-state index in [1.54, 1.807) is 6.92 Å². The summed E-state index contributed by atoms with van der Waals surface area (Å²) >= 11 is 0. The summed E-state index contributed by atoms with van der Waals surface area (Å²) in [5.41, 5.74) is -0.905. The standard InChI is InChI=1S/C12H22N2O3.ClH/c1-4-12(2,11(16)17-3)14-10(15)7-9-5-6-13-8-9;/h9,13H,4-8H2,1-3H3,(H,14,15);1H/t9-,12?;/m0./s1. The molecule has 1 aliphatic rings. The maximum atomic E-state index is 11.8. The molecule has 18 heavy (non-hydrogen) atoms. The maximum absolute atomic E-state index is 11.8. The third kappa shape index (κ3) is 4.46. The molecule has 1 aliphatic heterocycles. The SMILES string of the molecule is CCC(C)(NC(=O)C[C@@H]1CCNC1)C(=O)OC.Cl. The Morgan fingerprint density at radius 1 is 1.50 bits per heavy atom. The molecule has 2 atom stereocenters. The van der Waals surface area contributed by atoms with Crippen LogP contribution in [-0.2, 0) is 14.3 Å². The second-order valence-electron chi connectivity index (χ2n) is 4.79. The molecule has 0 aromatic heterocycles. The summed E-state index contributed by atoms with van der Waals surface area (Å²) in [6, 6.07) is 0. The van der Waals surface area contributed by atoms with Gasteiger partial charge in [0.1, 0.15) is 5.54 Å². The molecule has 106 valence electrons. The Morgan fingerprint density at radius 3 is 2.61 bits per heavy atom. The largest absolute Gasteiger partial charge is 0.467 e. The predicted octanol–water partition coefficient (Wildman–Crippen LogP) is 0.866. The molecule has 5 nitrogen and oxygen atoms in total. The van der Waals surface area contributed by atoms with Gasteiger partial charge in [-0.05, 0) is 38.8 Å². The van der Waals surface area contributed by atoms with Crippen molar-refractivity contribution in [1.29, 1.82) is 0 Å². The van der Waals surface area contributed by atoms with Crippen LogP contribution in [0, 0.1) is 5.92 Å². The number of esters is 1.